The van der Waals surface area contributed by atoms with E-state index in [1.54, 1.807) is 16.7 Å². The van der Waals surface area contributed by atoms with Gasteiger partial charge >= 0.3 is 11.6 Å². The molecule has 1 amide bonds. The van der Waals surface area contributed by atoms with E-state index in [4.69, 9.17) is 0 Å². The molecule has 4 rings (SSSR count). The minimum absolute atomic E-state index is 0.0678. The second-order valence-electron chi connectivity index (χ2n) is 6.53. The summed E-state index contributed by atoms with van der Waals surface area (Å²) in [5.74, 6) is -4.34. The van der Waals surface area contributed by atoms with Crippen molar-refractivity contribution in [3.8, 4) is 0 Å². The molecule has 1 fully saturated rings. The Kier molecular flexibility index (Phi) is 3.86. The van der Waals surface area contributed by atoms with Gasteiger partial charge in [0.2, 0.25) is 0 Å². The van der Waals surface area contributed by atoms with E-state index in [1.165, 1.54) is 4.90 Å². The predicted molar refractivity (Wildman–Crippen MR) is 93.1 cm³/mol. The zero-order chi connectivity index (χ0) is 18.3. The summed E-state index contributed by atoms with van der Waals surface area (Å²) in [5, 5.41) is 0. The van der Waals surface area contributed by atoms with Gasteiger partial charge < -0.3 is 9.88 Å². The Labute approximate surface area is 147 Å². The number of halogens is 2. The normalized spacial score (nSPS) is 16.5. The number of aromatic amines is 1. The van der Waals surface area contributed by atoms with Gasteiger partial charge in [0.05, 0.1) is 17.6 Å². The van der Waals surface area contributed by atoms with Crippen molar-refractivity contribution in [2.24, 2.45) is 0 Å². The molecule has 1 aromatic heterocycles. The summed E-state index contributed by atoms with van der Waals surface area (Å²) in [5.41, 5.74) is 3.12. The molecule has 1 saturated heterocycles. The van der Waals surface area contributed by atoms with E-state index in [9.17, 15) is 18.4 Å². The number of likely N-dealkylation sites (tertiary alicyclic amines) is 1. The van der Waals surface area contributed by atoms with E-state index in [0.29, 0.717) is 6.54 Å². The number of hydrogen-bond acceptors (Lipinski definition) is 2. The van der Waals surface area contributed by atoms with Crippen LogP contribution in [0.25, 0.3) is 11.0 Å². The molecule has 0 radical (unpaired) electrons. The second kappa shape index (κ2) is 6.09. The first-order valence-corrected chi connectivity index (χ1v) is 8.37. The van der Waals surface area contributed by atoms with E-state index in [2.05, 4.69) is 4.98 Å². The highest BCUT2D eigenvalue weighted by Gasteiger charge is 2.47. The van der Waals surface area contributed by atoms with E-state index in [1.807, 2.05) is 36.4 Å². The van der Waals surface area contributed by atoms with Crippen molar-refractivity contribution in [3.05, 3.63) is 70.1 Å². The Balaban J connectivity index is 1.51. The van der Waals surface area contributed by atoms with Crippen LogP contribution in [0.15, 0.2) is 53.3 Å². The molecule has 0 saturated carbocycles. The van der Waals surface area contributed by atoms with Crippen LogP contribution in [0, 0.1) is 0 Å². The molecule has 26 heavy (non-hydrogen) atoms. The highest BCUT2D eigenvalue weighted by Crippen LogP contribution is 2.29. The smallest absolute Gasteiger partial charge is 0.326 e. The monoisotopic (exact) mass is 357 g/mol. The average molecular weight is 357 g/mol. The van der Waals surface area contributed by atoms with Gasteiger partial charge in [-0.2, -0.15) is 8.78 Å². The molecule has 134 valence electrons. The summed E-state index contributed by atoms with van der Waals surface area (Å²) in [7, 11) is 0. The Morgan fingerprint density at radius 1 is 0.962 bits per heavy atom. The number of nitrogens with zero attached hydrogens (tertiary/aromatic N) is 2. The molecule has 3 aromatic rings. The Morgan fingerprint density at radius 3 is 2.27 bits per heavy atom. The predicted octanol–water partition coefficient (Wildman–Crippen LogP) is 2.75. The quantitative estimate of drug-likeness (QED) is 0.781. The van der Waals surface area contributed by atoms with Crippen LogP contribution in [-0.2, 0) is 17.9 Å². The fourth-order valence-electron chi connectivity index (χ4n) is 3.28. The Bertz CT molecular complexity index is 1020. The fraction of sp³-hybridized carbons (Fsp3) is 0.263. The number of carbonyl (C=O) groups is 1. The number of rotatable bonds is 4. The number of carbonyl (C=O) groups excluding carboxylic acids is 1. The van der Waals surface area contributed by atoms with Crippen LogP contribution in [0.3, 0.4) is 0 Å². The lowest BCUT2D eigenvalue weighted by Crippen LogP contribution is -2.32. The number of H-pyrrole nitrogens is 1. The van der Waals surface area contributed by atoms with Crippen LogP contribution in [-0.4, -0.2) is 32.8 Å². The van der Waals surface area contributed by atoms with Gasteiger partial charge in [-0.1, -0.05) is 36.4 Å². The van der Waals surface area contributed by atoms with Gasteiger partial charge in [-0.15, -0.1) is 0 Å². The van der Waals surface area contributed by atoms with Crippen LogP contribution in [0.2, 0.25) is 0 Å². The highest BCUT2D eigenvalue weighted by molar-refractivity contribution is 5.85. The van der Waals surface area contributed by atoms with E-state index < -0.39 is 18.3 Å². The van der Waals surface area contributed by atoms with Gasteiger partial charge in [-0.05, 0) is 23.3 Å². The van der Waals surface area contributed by atoms with Crippen molar-refractivity contribution >= 4 is 16.9 Å². The van der Waals surface area contributed by atoms with E-state index >= 15 is 0 Å². The number of amides is 1. The van der Waals surface area contributed by atoms with E-state index in [0.717, 1.165) is 22.2 Å². The molecule has 2 heterocycles. The van der Waals surface area contributed by atoms with Crippen LogP contribution in [0.4, 0.5) is 8.78 Å². The number of para-hydroxylation sites is 2. The lowest BCUT2D eigenvalue weighted by Gasteiger charge is -2.16. The minimum atomic E-state index is -3.24. The van der Waals surface area contributed by atoms with Crippen molar-refractivity contribution in [1.82, 2.24) is 14.5 Å². The third-order valence-electron chi connectivity index (χ3n) is 4.71. The number of nitrogens with one attached hydrogen (secondary N) is 1. The molecule has 0 unspecified atom stereocenters. The topological polar surface area (TPSA) is 58.1 Å². The maximum absolute atomic E-state index is 13.3. The molecule has 0 atom stereocenters. The van der Waals surface area contributed by atoms with Crippen LogP contribution in [0.1, 0.15) is 17.5 Å². The van der Waals surface area contributed by atoms with Crippen LogP contribution in [0.5, 0.6) is 0 Å². The number of hydrogen-bond donors (Lipinski definition) is 1. The highest BCUT2D eigenvalue weighted by atomic mass is 19.3. The third-order valence-corrected chi connectivity index (χ3v) is 4.71. The lowest BCUT2D eigenvalue weighted by molar-refractivity contribution is -0.148. The molecule has 1 aliphatic heterocycles. The molecule has 1 N–H and O–H groups in total. The number of benzene rings is 2. The SMILES string of the molecule is O=C1N(Cc2ccc(Cn3c(=O)[nH]c4ccccc43)cc2)CCC1(F)F. The van der Waals surface area contributed by atoms with E-state index in [-0.39, 0.29) is 18.8 Å². The molecule has 0 aliphatic carbocycles. The van der Waals surface area contributed by atoms with Crippen molar-refractivity contribution in [1.29, 1.82) is 0 Å². The first-order chi connectivity index (χ1) is 12.4. The first kappa shape index (κ1) is 16.5. The van der Waals surface area contributed by atoms with Crippen LogP contribution >= 0.6 is 0 Å². The maximum atomic E-state index is 13.3. The van der Waals surface area contributed by atoms with Gasteiger partial charge in [-0.25, -0.2) is 4.79 Å². The number of imidazole rings is 1. The lowest BCUT2D eigenvalue weighted by atomic mass is 10.1. The molecule has 7 heteroatoms. The molecular formula is C19H17F2N3O2. The zero-order valence-electron chi connectivity index (χ0n) is 13.9. The summed E-state index contributed by atoms with van der Waals surface area (Å²) >= 11 is 0. The van der Waals surface area contributed by atoms with Crippen molar-refractivity contribution in [2.45, 2.75) is 25.4 Å². The standard InChI is InChI=1S/C19H17F2N3O2/c20-19(21)9-10-23(17(19)25)11-13-5-7-14(8-6-13)12-24-16-4-2-1-3-15(16)22-18(24)26/h1-8H,9-12H2,(H,22,26). The van der Waals surface area contributed by atoms with Gasteiger partial charge in [0.25, 0.3) is 5.91 Å². The van der Waals surface area contributed by atoms with Gasteiger partial charge in [0.1, 0.15) is 0 Å². The summed E-state index contributed by atoms with van der Waals surface area (Å²) in [6, 6.07) is 14.8. The minimum Gasteiger partial charge on any atom is -0.333 e. The maximum Gasteiger partial charge on any atom is 0.326 e. The summed E-state index contributed by atoms with van der Waals surface area (Å²) < 4.78 is 28.3. The number of aromatic nitrogens is 2. The third kappa shape index (κ3) is 2.89. The second-order valence-corrected chi connectivity index (χ2v) is 6.53. The van der Waals surface area contributed by atoms with Crippen molar-refractivity contribution in [3.63, 3.8) is 0 Å². The first-order valence-electron chi connectivity index (χ1n) is 8.37. The molecule has 1 aliphatic rings. The molecule has 5 nitrogen and oxygen atoms in total. The van der Waals surface area contributed by atoms with Crippen LogP contribution < -0.4 is 5.69 Å². The number of alkyl halides is 2. The molecule has 0 spiro atoms. The average Bonchev–Trinajstić information content (AvgIpc) is 3.07. The van der Waals surface area contributed by atoms with Crippen molar-refractivity contribution in [2.75, 3.05) is 6.54 Å². The molecule has 2 aromatic carbocycles. The molecular weight excluding hydrogens is 340 g/mol. The summed E-state index contributed by atoms with van der Waals surface area (Å²) in [6.07, 6.45) is -0.423. The fourth-order valence-corrected chi connectivity index (χ4v) is 3.28. The number of fused-ring (bicyclic) bond motifs is 1. The van der Waals surface area contributed by atoms with Gasteiger partial charge in [0, 0.05) is 19.5 Å². The zero-order valence-corrected chi connectivity index (χ0v) is 13.9. The van der Waals surface area contributed by atoms with Gasteiger partial charge in [0.15, 0.2) is 0 Å². The van der Waals surface area contributed by atoms with Gasteiger partial charge in [-0.3, -0.25) is 9.36 Å². The largest absolute Gasteiger partial charge is 0.333 e. The summed E-state index contributed by atoms with van der Waals surface area (Å²) in [4.78, 5) is 27.7. The Hall–Kier alpha value is -2.96. The molecule has 0 bridgehead atoms. The Morgan fingerprint density at radius 2 is 1.62 bits per heavy atom. The van der Waals surface area contributed by atoms with Crippen molar-refractivity contribution < 1.29 is 13.6 Å². The summed E-state index contributed by atoms with van der Waals surface area (Å²) in [6.45, 7) is 0.643.